The molecule has 0 aromatic heterocycles. The summed E-state index contributed by atoms with van der Waals surface area (Å²) in [5.74, 6) is 0. The Bertz CT molecular complexity index is 666. The largest absolute Gasteiger partial charge is 0.377 e. The molecule has 0 atom stereocenters. The molecule has 0 aliphatic heterocycles. The first-order valence-corrected chi connectivity index (χ1v) is 8.36. The molecule has 0 saturated heterocycles. The minimum atomic E-state index is -3.72. The van der Waals surface area contributed by atoms with Gasteiger partial charge >= 0.3 is 0 Å². The maximum absolute atomic E-state index is 11.5. The monoisotopic (exact) mass is 299 g/mol. The zero-order valence-corrected chi connectivity index (χ0v) is 13.1. The normalized spacial score (nSPS) is 10.8. The summed E-state index contributed by atoms with van der Waals surface area (Å²) in [5, 5.41) is 1.52. The number of anilines is 1. The van der Waals surface area contributed by atoms with Gasteiger partial charge < -0.3 is 4.90 Å². The smallest absolute Gasteiger partial charge is 0.261 e. The van der Waals surface area contributed by atoms with Crippen LogP contribution in [0.4, 0.5) is 5.69 Å². The summed E-state index contributed by atoms with van der Waals surface area (Å²) in [7, 11) is 5.54. The van der Waals surface area contributed by atoms with Crippen LogP contribution in [-0.4, -0.2) is 22.5 Å². The Balaban J connectivity index is 0.000000861. The average molecular weight is 300 g/mol. The third kappa shape index (κ3) is 3.39. The van der Waals surface area contributed by atoms with E-state index in [-0.39, 0.29) is 4.90 Å². The molecule has 5 heteroatoms. The van der Waals surface area contributed by atoms with Gasteiger partial charge in [0.15, 0.2) is 0 Å². The molecular formula is C14H18ClNO2S. The number of nitrogens with zero attached hydrogens (tertiary/aromatic N) is 1. The Kier molecular flexibility index (Phi) is 5.20. The molecule has 0 aliphatic carbocycles. The Morgan fingerprint density at radius 1 is 0.947 bits per heavy atom. The van der Waals surface area contributed by atoms with Gasteiger partial charge in [0.1, 0.15) is 0 Å². The zero-order chi connectivity index (χ0) is 14.6. The van der Waals surface area contributed by atoms with Crippen LogP contribution in [-0.2, 0) is 9.05 Å². The van der Waals surface area contributed by atoms with Gasteiger partial charge in [-0.05, 0) is 12.1 Å². The molecule has 0 saturated carbocycles. The van der Waals surface area contributed by atoms with Crippen LogP contribution in [0.3, 0.4) is 0 Å². The van der Waals surface area contributed by atoms with Crippen LogP contribution in [0.5, 0.6) is 0 Å². The molecule has 0 heterocycles. The molecule has 2 aromatic rings. The van der Waals surface area contributed by atoms with Crippen molar-refractivity contribution in [2.24, 2.45) is 0 Å². The zero-order valence-electron chi connectivity index (χ0n) is 11.5. The van der Waals surface area contributed by atoms with E-state index in [1.54, 1.807) is 12.1 Å². The van der Waals surface area contributed by atoms with E-state index in [4.69, 9.17) is 10.7 Å². The van der Waals surface area contributed by atoms with E-state index in [0.29, 0.717) is 5.39 Å². The molecule has 0 spiro atoms. The second-order valence-corrected chi connectivity index (χ2v) is 6.50. The number of halogens is 1. The van der Waals surface area contributed by atoms with E-state index in [1.807, 2.05) is 51.0 Å². The molecule has 3 nitrogen and oxygen atoms in total. The van der Waals surface area contributed by atoms with Gasteiger partial charge in [0.05, 0.1) is 4.90 Å². The molecule has 0 N–H and O–H groups in total. The first-order chi connectivity index (χ1) is 8.91. The SMILES string of the molecule is CC.CN(C)c1cccc2c(S(=O)(=O)Cl)cccc12. The van der Waals surface area contributed by atoms with Gasteiger partial charge in [-0.15, -0.1) is 0 Å². The van der Waals surface area contributed by atoms with E-state index < -0.39 is 9.05 Å². The molecule has 19 heavy (non-hydrogen) atoms. The number of benzene rings is 2. The summed E-state index contributed by atoms with van der Waals surface area (Å²) in [6.45, 7) is 4.00. The molecule has 0 fully saturated rings. The van der Waals surface area contributed by atoms with E-state index in [9.17, 15) is 8.42 Å². The van der Waals surface area contributed by atoms with E-state index in [1.165, 1.54) is 6.07 Å². The van der Waals surface area contributed by atoms with E-state index in [2.05, 4.69) is 0 Å². The third-order valence-electron chi connectivity index (χ3n) is 2.60. The second-order valence-electron chi connectivity index (χ2n) is 3.96. The summed E-state index contributed by atoms with van der Waals surface area (Å²) in [4.78, 5) is 2.09. The lowest BCUT2D eigenvalue weighted by atomic mass is 10.1. The van der Waals surface area contributed by atoms with Crippen LogP contribution in [0.15, 0.2) is 41.3 Å². The Morgan fingerprint density at radius 2 is 1.47 bits per heavy atom. The van der Waals surface area contributed by atoms with Crippen LogP contribution >= 0.6 is 10.7 Å². The minimum Gasteiger partial charge on any atom is -0.377 e. The van der Waals surface area contributed by atoms with Crippen LogP contribution in [0, 0.1) is 0 Å². The van der Waals surface area contributed by atoms with Crippen molar-refractivity contribution < 1.29 is 8.42 Å². The van der Waals surface area contributed by atoms with Gasteiger partial charge in [0.25, 0.3) is 9.05 Å². The summed E-state index contributed by atoms with van der Waals surface area (Å²) in [5.41, 5.74) is 0.963. The van der Waals surface area contributed by atoms with Gasteiger partial charge in [-0.3, -0.25) is 0 Å². The maximum atomic E-state index is 11.5. The van der Waals surface area contributed by atoms with Gasteiger partial charge in [-0.2, -0.15) is 0 Å². The fraction of sp³-hybridized carbons (Fsp3) is 0.286. The standard InChI is InChI=1S/C12H12ClNO2S.C2H6/c1-14(2)11-7-3-6-10-9(11)5-4-8-12(10)17(13,15)16;1-2/h3-8H,1-2H3;1-2H3. The van der Waals surface area contributed by atoms with Crippen molar-refractivity contribution in [1.82, 2.24) is 0 Å². The lowest BCUT2D eigenvalue weighted by molar-refractivity contribution is 0.610. The van der Waals surface area contributed by atoms with Gasteiger partial charge in [-0.25, -0.2) is 8.42 Å². The summed E-state index contributed by atoms with van der Waals surface area (Å²) >= 11 is 0. The highest BCUT2D eigenvalue weighted by Gasteiger charge is 2.15. The second kappa shape index (κ2) is 6.26. The molecule has 0 bridgehead atoms. The van der Waals surface area contributed by atoms with Crippen molar-refractivity contribution in [3.05, 3.63) is 36.4 Å². The average Bonchev–Trinajstić information content (AvgIpc) is 2.38. The highest BCUT2D eigenvalue weighted by Crippen LogP contribution is 2.31. The molecule has 0 aliphatic rings. The Labute approximate surface area is 119 Å². The third-order valence-corrected chi connectivity index (χ3v) is 3.98. The van der Waals surface area contributed by atoms with E-state index >= 15 is 0 Å². The fourth-order valence-corrected chi connectivity index (χ4v) is 2.95. The summed E-state index contributed by atoms with van der Waals surface area (Å²) in [6.07, 6.45) is 0. The first kappa shape index (κ1) is 15.8. The first-order valence-electron chi connectivity index (χ1n) is 6.05. The molecule has 0 amide bonds. The lowest BCUT2D eigenvalue weighted by Gasteiger charge is -2.16. The Morgan fingerprint density at radius 3 is 2.00 bits per heavy atom. The predicted molar refractivity (Wildman–Crippen MR) is 82.7 cm³/mol. The molecule has 2 aromatic carbocycles. The van der Waals surface area contributed by atoms with Crippen molar-refractivity contribution in [3.63, 3.8) is 0 Å². The fourth-order valence-electron chi connectivity index (χ4n) is 1.87. The highest BCUT2D eigenvalue weighted by molar-refractivity contribution is 8.14. The van der Waals surface area contributed by atoms with Crippen molar-refractivity contribution in [2.75, 3.05) is 19.0 Å². The molecule has 0 unspecified atom stereocenters. The van der Waals surface area contributed by atoms with Crippen LogP contribution in [0.25, 0.3) is 10.8 Å². The number of fused-ring (bicyclic) bond motifs is 1. The van der Waals surface area contributed by atoms with Crippen LogP contribution in [0.1, 0.15) is 13.8 Å². The van der Waals surface area contributed by atoms with Crippen molar-refractivity contribution in [2.45, 2.75) is 18.7 Å². The van der Waals surface area contributed by atoms with Crippen molar-refractivity contribution >= 4 is 36.2 Å². The Hall–Kier alpha value is -1.26. The number of hydrogen-bond acceptors (Lipinski definition) is 3. The topological polar surface area (TPSA) is 37.4 Å². The molecular weight excluding hydrogens is 282 g/mol. The van der Waals surface area contributed by atoms with Gasteiger partial charge in [0, 0.05) is 41.2 Å². The maximum Gasteiger partial charge on any atom is 0.261 e. The minimum absolute atomic E-state index is 0.153. The predicted octanol–water partition coefficient (Wildman–Crippen LogP) is 3.86. The number of rotatable bonds is 2. The number of hydrogen-bond donors (Lipinski definition) is 0. The summed E-state index contributed by atoms with van der Waals surface area (Å²) < 4.78 is 23.0. The molecule has 104 valence electrons. The van der Waals surface area contributed by atoms with Crippen molar-refractivity contribution in [1.29, 1.82) is 0 Å². The quantitative estimate of drug-likeness (QED) is 0.790. The van der Waals surface area contributed by atoms with Crippen LogP contribution < -0.4 is 4.90 Å². The molecule has 2 rings (SSSR count). The summed E-state index contributed by atoms with van der Waals surface area (Å²) in [6, 6.07) is 10.6. The lowest BCUT2D eigenvalue weighted by Crippen LogP contribution is -2.09. The van der Waals surface area contributed by atoms with Gasteiger partial charge in [-0.1, -0.05) is 38.1 Å². The highest BCUT2D eigenvalue weighted by atomic mass is 35.7. The van der Waals surface area contributed by atoms with Gasteiger partial charge in [0.2, 0.25) is 0 Å². The molecule has 0 radical (unpaired) electrons. The van der Waals surface area contributed by atoms with E-state index in [0.717, 1.165) is 11.1 Å². The van der Waals surface area contributed by atoms with Crippen LogP contribution in [0.2, 0.25) is 0 Å². The van der Waals surface area contributed by atoms with Crippen molar-refractivity contribution in [3.8, 4) is 0 Å².